The van der Waals surface area contributed by atoms with E-state index in [1.807, 2.05) is 18.2 Å². The van der Waals surface area contributed by atoms with Gasteiger partial charge in [0.05, 0.1) is 0 Å². The topological polar surface area (TPSA) is 58.2 Å². The molecule has 0 radical (unpaired) electrons. The maximum Gasteiger partial charge on any atom is 0.309 e. The quantitative estimate of drug-likeness (QED) is 0.814. The lowest BCUT2D eigenvalue weighted by Gasteiger charge is -2.08. The molecule has 98 valence electrons. The summed E-state index contributed by atoms with van der Waals surface area (Å²) in [5.74, 6) is -1.21. The minimum atomic E-state index is -0.606. The summed E-state index contributed by atoms with van der Waals surface area (Å²) in [5.41, 5.74) is 1.02. The summed E-state index contributed by atoms with van der Waals surface area (Å²) in [4.78, 5) is 22.7. The fourth-order valence-corrected chi connectivity index (χ4v) is 1.63. The highest BCUT2D eigenvalue weighted by Crippen LogP contribution is 2.10. The Morgan fingerprint density at radius 3 is 2.61 bits per heavy atom. The Morgan fingerprint density at radius 1 is 1.28 bits per heavy atom. The molecule has 1 aromatic rings. The highest BCUT2D eigenvalue weighted by molar-refractivity contribution is 6.35. The van der Waals surface area contributed by atoms with Gasteiger partial charge in [-0.1, -0.05) is 23.7 Å². The highest BCUT2D eigenvalue weighted by atomic mass is 35.5. The summed E-state index contributed by atoms with van der Waals surface area (Å²) < 4.78 is 0. The minimum absolute atomic E-state index is 0.0452. The van der Waals surface area contributed by atoms with E-state index in [1.165, 1.54) is 0 Å². The molecule has 0 fully saturated rings. The summed E-state index contributed by atoms with van der Waals surface area (Å²) in [6, 6.07) is 7.36. The number of rotatable bonds is 4. The molecule has 2 N–H and O–H groups in total. The molecule has 0 aliphatic heterocycles. The summed E-state index contributed by atoms with van der Waals surface area (Å²) in [6.45, 7) is 4.01. The van der Waals surface area contributed by atoms with Crippen LogP contribution in [0.15, 0.2) is 24.3 Å². The monoisotopic (exact) mass is 268 g/mol. The van der Waals surface area contributed by atoms with Crippen molar-refractivity contribution in [1.29, 1.82) is 0 Å². The second-order valence-electron chi connectivity index (χ2n) is 4.26. The van der Waals surface area contributed by atoms with Crippen molar-refractivity contribution < 1.29 is 9.59 Å². The molecule has 0 saturated heterocycles. The van der Waals surface area contributed by atoms with Crippen LogP contribution in [-0.2, 0) is 16.0 Å². The number of benzene rings is 1. The molecule has 0 heterocycles. The van der Waals surface area contributed by atoms with E-state index in [4.69, 9.17) is 11.6 Å². The summed E-state index contributed by atoms with van der Waals surface area (Å²) >= 11 is 5.84. The van der Waals surface area contributed by atoms with Gasteiger partial charge in [0.25, 0.3) is 0 Å². The largest absolute Gasteiger partial charge is 0.348 e. The Kier molecular flexibility index (Phi) is 5.65. The van der Waals surface area contributed by atoms with Crippen LogP contribution in [0.2, 0.25) is 5.02 Å². The molecular weight excluding hydrogens is 252 g/mol. The average molecular weight is 269 g/mol. The van der Waals surface area contributed by atoms with Gasteiger partial charge in [-0.25, -0.2) is 0 Å². The molecule has 0 spiro atoms. The Bertz CT molecular complexity index is 433. The lowest BCUT2D eigenvalue weighted by atomic mass is 10.1. The van der Waals surface area contributed by atoms with E-state index in [2.05, 4.69) is 10.6 Å². The second kappa shape index (κ2) is 7.01. The molecule has 1 aromatic carbocycles. The van der Waals surface area contributed by atoms with Crippen molar-refractivity contribution in [2.24, 2.45) is 0 Å². The zero-order valence-corrected chi connectivity index (χ0v) is 11.3. The molecule has 5 heteroatoms. The van der Waals surface area contributed by atoms with E-state index in [0.717, 1.165) is 5.56 Å². The number of nitrogens with one attached hydrogen (secondary N) is 2. The Hall–Kier alpha value is -1.55. The maximum absolute atomic E-state index is 11.4. The number of halogens is 1. The molecule has 0 saturated carbocycles. The fraction of sp³-hybridized carbons (Fsp3) is 0.385. The molecule has 0 aliphatic carbocycles. The lowest BCUT2D eigenvalue weighted by Crippen LogP contribution is -2.43. The summed E-state index contributed by atoms with van der Waals surface area (Å²) in [7, 11) is 0. The van der Waals surface area contributed by atoms with Crippen LogP contribution in [0.25, 0.3) is 0 Å². The van der Waals surface area contributed by atoms with Crippen LogP contribution in [0.3, 0.4) is 0 Å². The van der Waals surface area contributed by atoms with Crippen molar-refractivity contribution in [2.75, 3.05) is 6.54 Å². The number of hydrogen-bond donors (Lipinski definition) is 2. The van der Waals surface area contributed by atoms with E-state index in [1.54, 1.807) is 19.9 Å². The molecule has 0 atom stereocenters. The van der Waals surface area contributed by atoms with Crippen LogP contribution < -0.4 is 10.6 Å². The zero-order chi connectivity index (χ0) is 13.5. The van der Waals surface area contributed by atoms with Gasteiger partial charge in [0, 0.05) is 17.6 Å². The van der Waals surface area contributed by atoms with E-state index >= 15 is 0 Å². The molecule has 2 amide bonds. The Labute approximate surface area is 112 Å². The standard InChI is InChI=1S/C13H17ClN2O2/c1-9(2)16-13(18)12(17)15-7-6-10-4-3-5-11(14)8-10/h3-5,8-9H,6-7H2,1-2H3,(H,15,17)(H,16,18). The average Bonchev–Trinajstić information content (AvgIpc) is 2.28. The van der Waals surface area contributed by atoms with Crippen molar-refractivity contribution >= 4 is 23.4 Å². The van der Waals surface area contributed by atoms with Gasteiger partial charge >= 0.3 is 11.8 Å². The third-order valence-electron chi connectivity index (χ3n) is 2.21. The normalized spacial score (nSPS) is 10.2. The second-order valence-corrected chi connectivity index (χ2v) is 4.70. The molecule has 0 bridgehead atoms. The van der Waals surface area contributed by atoms with Crippen molar-refractivity contribution in [2.45, 2.75) is 26.3 Å². The SMILES string of the molecule is CC(C)NC(=O)C(=O)NCCc1cccc(Cl)c1. The first-order valence-electron chi connectivity index (χ1n) is 5.82. The summed E-state index contributed by atoms with van der Waals surface area (Å²) in [5, 5.41) is 5.75. The van der Waals surface area contributed by atoms with Gasteiger partial charge in [0.15, 0.2) is 0 Å². The van der Waals surface area contributed by atoms with Gasteiger partial charge in [-0.05, 0) is 38.0 Å². The minimum Gasteiger partial charge on any atom is -0.348 e. The first-order valence-corrected chi connectivity index (χ1v) is 6.20. The van der Waals surface area contributed by atoms with Crippen LogP contribution in [0, 0.1) is 0 Å². The van der Waals surface area contributed by atoms with E-state index in [0.29, 0.717) is 18.0 Å². The van der Waals surface area contributed by atoms with Crippen molar-refractivity contribution in [1.82, 2.24) is 10.6 Å². The molecule has 0 aliphatic rings. The first kappa shape index (κ1) is 14.5. The van der Waals surface area contributed by atoms with E-state index in [9.17, 15) is 9.59 Å². The molecular formula is C13H17ClN2O2. The fourth-order valence-electron chi connectivity index (χ4n) is 1.42. The third-order valence-corrected chi connectivity index (χ3v) is 2.45. The number of amides is 2. The van der Waals surface area contributed by atoms with Gasteiger partial charge < -0.3 is 10.6 Å². The third kappa shape index (κ3) is 5.19. The number of hydrogen-bond acceptors (Lipinski definition) is 2. The van der Waals surface area contributed by atoms with Crippen molar-refractivity contribution in [3.05, 3.63) is 34.9 Å². The van der Waals surface area contributed by atoms with E-state index in [-0.39, 0.29) is 6.04 Å². The Balaban J connectivity index is 2.33. The smallest absolute Gasteiger partial charge is 0.309 e. The number of carbonyl (C=O) groups excluding carboxylic acids is 2. The van der Waals surface area contributed by atoms with Gasteiger partial charge in [0.1, 0.15) is 0 Å². The van der Waals surface area contributed by atoms with Crippen LogP contribution in [0.4, 0.5) is 0 Å². The van der Waals surface area contributed by atoms with Crippen molar-refractivity contribution in [3.8, 4) is 0 Å². The predicted molar refractivity (Wildman–Crippen MR) is 71.4 cm³/mol. The van der Waals surface area contributed by atoms with E-state index < -0.39 is 11.8 Å². The molecule has 0 aromatic heterocycles. The molecule has 18 heavy (non-hydrogen) atoms. The summed E-state index contributed by atoms with van der Waals surface area (Å²) in [6.07, 6.45) is 0.640. The van der Waals surface area contributed by atoms with Gasteiger partial charge in [-0.3, -0.25) is 9.59 Å². The number of carbonyl (C=O) groups is 2. The molecule has 4 nitrogen and oxygen atoms in total. The Morgan fingerprint density at radius 2 is 2.00 bits per heavy atom. The first-order chi connectivity index (χ1) is 8.49. The van der Waals surface area contributed by atoms with Gasteiger partial charge in [0.2, 0.25) is 0 Å². The molecule has 0 unspecified atom stereocenters. The zero-order valence-electron chi connectivity index (χ0n) is 10.5. The van der Waals surface area contributed by atoms with Crippen LogP contribution in [-0.4, -0.2) is 24.4 Å². The van der Waals surface area contributed by atoms with Gasteiger partial charge in [-0.15, -0.1) is 0 Å². The van der Waals surface area contributed by atoms with Gasteiger partial charge in [-0.2, -0.15) is 0 Å². The van der Waals surface area contributed by atoms with Crippen LogP contribution in [0.5, 0.6) is 0 Å². The maximum atomic E-state index is 11.4. The van der Waals surface area contributed by atoms with Crippen molar-refractivity contribution in [3.63, 3.8) is 0 Å². The predicted octanol–water partition coefficient (Wildman–Crippen LogP) is 1.52. The van der Waals surface area contributed by atoms with Crippen LogP contribution >= 0.6 is 11.6 Å². The highest BCUT2D eigenvalue weighted by Gasteiger charge is 2.13. The molecule has 1 rings (SSSR count). The lowest BCUT2D eigenvalue weighted by molar-refractivity contribution is -0.139. The van der Waals surface area contributed by atoms with Crippen LogP contribution in [0.1, 0.15) is 19.4 Å².